The smallest absolute Gasteiger partial charge is 0.411 e. The molecule has 8 atom stereocenters. The number of methoxy groups -OCH3 is 2. The van der Waals surface area contributed by atoms with E-state index >= 15 is 0 Å². The number of ketones is 1. The van der Waals surface area contributed by atoms with Crippen LogP contribution in [0.15, 0.2) is 36.5 Å². The van der Waals surface area contributed by atoms with Crippen LogP contribution in [0.2, 0.25) is 0 Å². The lowest BCUT2D eigenvalue weighted by atomic mass is 9.81. The number of likely N-dealkylation sites (tertiary alicyclic amines) is 2. The van der Waals surface area contributed by atoms with Crippen molar-refractivity contribution in [2.45, 2.75) is 149 Å². The third-order valence-corrected chi connectivity index (χ3v) is 12.5. The third-order valence-electron chi connectivity index (χ3n) is 12.5. The maximum Gasteiger partial charge on any atom is 0.411 e. The van der Waals surface area contributed by atoms with Gasteiger partial charge in [-0.1, -0.05) is 77.5 Å². The molecule has 1 aliphatic carbocycles. The monoisotopic (exact) mass is 799 g/mol. The molecule has 0 saturated carbocycles. The molecular weight excluding hydrogens is 725 g/mol. The summed E-state index contributed by atoms with van der Waals surface area (Å²) in [6.45, 7) is 18.5. The zero-order valence-corrected chi connectivity index (χ0v) is 37.0. The summed E-state index contributed by atoms with van der Waals surface area (Å²) in [5, 5.41) is 3.08. The van der Waals surface area contributed by atoms with E-state index in [9.17, 15) is 24.0 Å². The number of amides is 4. The molecule has 4 amide bonds. The van der Waals surface area contributed by atoms with Crippen molar-refractivity contribution in [1.82, 2.24) is 20.0 Å². The Morgan fingerprint density at radius 1 is 0.930 bits per heavy atom. The fraction of sp³-hybridized carbons (Fsp3) is 0.756. The Morgan fingerprint density at radius 2 is 1.58 bits per heavy atom. The predicted molar refractivity (Wildman–Crippen MR) is 223 cm³/mol. The number of hydrogen-bond donors (Lipinski definition) is 1. The van der Waals surface area contributed by atoms with Crippen LogP contribution < -0.4 is 5.32 Å². The van der Waals surface area contributed by atoms with Gasteiger partial charge in [0.25, 0.3) is 0 Å². The van der Waals surface area contributed by atoms with Crippen LogP contribution in [0.4, 0.5) is 4.79 Å². The highest BCUT2D eigenvalue weighted by atomic mass is 16.6. The van der Waals surface area contributed by atoms with Crippen molar-refractivity contribution in [2.24, 2.45) is 29.6 Å². The van der Waals surface area contributed by atoms with Gasteiger partial charge in [-0.25, -0.2) is 4.79 Å². The minimum Gasteiger partial charge on any atom is -0.444 e. The molecule has 2 aliphatic heterocycles. The molecule has 3 rings (SSSR count). The van der Waals surface area contributed by atoms with Crippen LogP contribution in [0.25, 0.3) is 0 Å². The first-order valence-corrected chi connectivity index (χ1v) is 21.3. The molecule has 0 radical (unpaired) electrons. The van der Waals surface area contributed by atoms with E-state index in [1.165, 1.54) is 4.90 Å². The molecule has 3 aliphatic rings. The van der Waals surface area contributed by atoms with Crippen LogP contribution in [-0.4, -0.2) is 121 Å². The van der Waals surface area contributed by atoms with E-state index in [2.05, 4.69) is 24.4 Å². The van der Waals surface area contributed by atoms with Crippen molar-refractivity contribution >= 4 is 29.6 Å². The van der Waals surface area contributed by atoms with Gasteiger partial charge in [-0.05, 0) is 77.6 Å². The minimum absolute atomic E-state index is 0.0216. The first-order valence-electron chi connectivity index (χ1n) is 21.3. The number of carbonyl (C=O) groups is 5. The Bertz CT molecular complexity index is 1450. The second-order valence-corrected chi connectivity index (χ2v) is 18.0. The van der Waals surface area contributed by atoms with E-state index in [4.69, 9.17) is 14.2 Å². The van der Waals surface area contributed by atoms with Crippen LogP contribution in [0.3, 0.4) is 0 Å². The van der Waals surface area contributed by atoms with E-state index in [0.29, 0.717) is 38.9 Å². The summed E-state index contributed by atoms with van der Waals surface area (Å²) < 4.78 is 17.7. The van der Waals surface area contributed by atoms with Crippen molar-refractivity contribution in [2.75, 3.05) is 40.9 Å². The van der Waals surface area contributed by atoms with E-state index in [0.717, 1.165) is 19.3 Å². The SMILES string of the molecule is CC[C@H](C)[C@@H]([C@@H](CC(=O)N1CCC[C@H]1[C@H](OC)[C@@H](C)C(=O)NCCC1C=CC=CC=C1)OC)N(C)C(=O)[C@@H](CC(=O)[C@]1(C)CCCN1C(=O)OC(C)(C)C)C(C)C. The molecule has 0 aromatic rings. The van der Waals surface area contributed by atoms with E-state index in [1.807, 2.05) is 56.9 Å². The van der Waals surface area contributed by atoms with Gasteiger partial charge >= 0.3 is 6.09 Å². The quantitative estimate of drug-likeness (QED) is 0.152. The van der Waals surface area contributed by atoms with Crippen molar-refractivity contribution in [3.8, 4) is 0 Å². The number of hydrogen-bond acceptors (Lipinski definition) is 8. The van der Waals surface area contributed by atoms with Gasteiger partial charge in [0.2, 0.25) is 17.7 Å². The molecule has 0 aromatic heterocycles. The van der Waals surface area contributed by atoms with Gasteiger partial charge in [-0.15, -0.1) is 0 Å². The highest BCUT2D eigenvalue weighted by Gasteiger charge is 2.49. The second-order valence-electron chi connectivity index (χ2n) is 18.0. The summed E-state index contributed by atoms with van der Waals surface area (Å²) in [5.74, 6) is -1.64. The maximum absolute atomic E-state index is 14.5. The number of Topliss-reactive ketones (excluding diaryl/α,β-unsaturated/α-hetero) is 1. The van der Waals surface area contributed by atoms with Crippen molar-refractivity contribution in [3.63, 3.8) is 0 Å². The molecule has 0 aromatic carbocycles. The molecule has 2 fully saturated rings. The zero-order chi connectivity index (χ0) is 42.7. The molecule has 12 heteroatoms. The van der Waals surface area contributed by atoms with Crippen LogP contribution in [0.1, 0.15) is 114 Å². The van der Waals surface area contributed by atoms with Gasteiger partial charge in [0, 0.05) is 53.2 Å². The topological polar surface area (TPSA) is 135 Å². The lowest BCUT2D eigenvalue weighted by Gasteiger charge is -2.41. The third kappa shape index (κ3) is 12.5. The molecule has 0 spiro atoms. The Kier molecular flexibility index (Phi) is 18.0. The van der Waals surface area contributed by atoms with Gasteiger partial charge in [-0.3, -0.25) is 24.1 Å². The second kappa shape index (κ2) is 21.5. The van der Waals surface area contributed by atoms with Gasteiger partial charge in [0.1, 0.15) is 11.1 Å². The Morgan fingerprint density at radius 3 is 2.14 bits per heavy atom. The number of nitrogens with one attached hydrogen (secondary N) is 1. The van der Waals surface area contributed by atoms with Crippen LogP contribution in [0, 0.1) is 29.6 Å². The number of nitrogens with zero attached hydrogens (tertiary/aromatic N) is 3. The lowest BCUT2D eigenvalue weighted by molar-refractivity contribution is -0.149. The Hall–Kier alpha value is -3.51. The average molecular weight is 799 g/mol. The van der Waals surface area contributed by atoms with Crippen LogP contribution >= 0.6 is 0 Å². The van der Waals surface area contributed by atoms with Crippen LogP contribution in [0.5, 0.6) is 0 Å². The Labute approximate surface area is 343 Å². The molecule has 0 unspecified atom stereocenters. The highest BCUT2D eigenvalue weighted by molar-refractivity contribution is 5.95. The fourth-order valence-electron chi connectivity index (χ4n) is 8.78. The van der Waals surface area contributed by atoms with Crippen molar-refractivity contribution in [1.29, 1.82) is 0 Å². The first kappa shape index (κ1) is 47.9. The van der Waals surface area contributed by atoms with E-state index in [1.54, 1.807) is 53.9 Å². The normalized spacial score (nSPS) is 23.1. The standard InChI is InChI=1S/C45H74N4O8/c1-13-31(4)39(47(10)42(53)34(30(2)3)28-37(50)45(9)24-19-27-49(45)43(54)57-44(6,7)8)36(55-11)29-38(51)48-26-18-22-35(48)40(56-12)32(5)41(52)46-25-23-33-20-16-14-15-17-21-33/h14-17,20-21,30-36,39-40H,13,18-19,22-29H2,1-12H3,(H,46,52)/t31-,32+,34-,35-,36+,39-,40+,45-/m0/s1. The highest BCUT2D eigenvalue weighted by Crippen LogP contribution is 2.36. The van der Waals surface area contributed by atoms with Crippen LogP contribution in [-0.2, 0) is 33.4 Å². The summed E-state index contributed by atoms with van der Waals surface area (Å²) in [4.78, 5) is 74.5. The molecule has 322 valence electrons. The van der Waals surface area contributed by atoms with Gasteiger partial charge in [0.15, 0.2) is 5.78 Å². The predicted octanol–water partition coefficient (Wildman–Crippen LogP) is 6.73. The summed E-state index contributed by atoms with van der Waals surface area (Å²) >= 11 is 0. The lowest BCUT2D eigenvalue weighted by Crippen LogP contribution is -2.55. The number of carbonyl (C=O) groups excluding carboxylic acids is 5. The number of likely N-dealkylation sites (N-methyl/N-ethyl adjacent to an activating group) is 1. The van der Waals surface area contributed by atoms with Gasteiger partial charge in [-0.2, -0.15) is 0 Å². The summed E-state index contributed by atoms with van der Waals surface area (Å²) in [6, 6.07) is -0.736. The zero-order valence-electron chi connectivity index (χ0n) is 37.0. The number of rotatable bonds is 19. The van der Waals surface area contributed by atoms with Gasteiger partial charge < -0.3 is 29.3 Å². The first-order chi connectivity index (χ1) is 26.8. The molecule has 1 N–H and O–H groups in total. The van der Waals surface area contributed by atoms with E-state index < -0.39 is 47.3 Å². The van der Waals surface area contributed by atoms with Crippen molar-refractivity contribution in [3.05, 3.63) is 36.5 Å². The summed E-state index contributed by atoms with van der Waals surface area (Å²) in [5.41, 5.74) is -1.77. The Balaban J connectivity index is 1.74. The fourth-order valence-corrected chi connectivity index (χ4v) is 8.78. The van der Waals surface area contributed by atoms with Gasteiger partial charge in [0.05, 0.1) is 36.6 Å². The largest absolute Gasteiger partial charge is 0.444 e. The number of ether oxygens (including phenoxy) is 3. The number of allylic oxidation sites excluding steroid dienone is 6. The molecular formula is C45H74N4O8. The molecule has 12 nitrogen and oxygen atoms in total. The van der Waals surface area contributed by atoms with E-state index in [-0.39, 0.29) is 60.1 Å². The molecule has 2 saturated heterocycles. The molecule has 0 bridgehead atoms. The summed E-state index contributed by atoms with van der Waals surface area (Å²) in [6.07, 6.45) is 14.8. The maximum atomic E-state index is 14.5. The molecule has 57 heavy (non-hydrogen) atoms. The summed E-state index contributed by atoms with van der Waals surface area (Å²) in [7, 11) is 4.92. The van der Waals surface area contributed by atoms with Crippen molar-refractivity contribution < 1.29 is 38.2 Å². The average Bonchev–Trinajstić information content (AvgIpc) is 3.72. The minimum atomic E-state index is -1.07. The molecule has 2 heterocycles.